The number of amides is 1. The number of hydrogen-bond acceptors (Lipinski definition) is 4. The number of nitrogens with zero attached hydrogens (tertiary/aromatic N) is 2. The van der Waals surface area contributed by atoms with Crippen LogP contribution in [-0.2, 0) is 10.0 Å². The molecule has 1 amide bonds. The average molecular weight is 388 g/mol. The van der Waals surface area contributed by atoms with Crippen LogP contribution >= 0.6 is 0 Å². The van der Waals surface area contributed by atoms with Crippen LogP contribution in [0.4, 0.5) is 4.39 Å². The molecular formula is C18H17FN4O3S. The monoisotopic (exact) mass is 388 g/mol. The van der Waals surface area contributed by atoms with Crippen molar-refractivity contribution in [3.63, 3.8) is 0 Å². The summed E-state index contributed by atoms with van der Waals surface area (Å²) < 4.78 is 40.4. The molecule has 0 saturated heterocycles. The number of benzene rings is 2. The van der Waals surface area contributed by atoms with E-state index in [9.17, 15) is 17.6 Å². The topological polar surface area (TPSA) is 93.1 Å². The molecule has 2 aromatic carbocycles. The van der Waals surface area contributed by atoms with Crippen LogP contribution in [0.3, 0.4) is 0 Å². The molecule has 0 saturated carbocycles. The summed E-state index contributed by atoms with van der Waals surface area (Å²) in [4.78, 5) is 14.3. The fourth-order valence-corrected chi connectivity index (χ4v) is 3.38. The summed E-state index contributed by atoms with van der Waals surface area (Å²) in [5.74, 6) is -1.65. The molecule has 1 aromatic heterocycles. The Morgan fingerprint density at radius 2 is 1.81 bits per heavy atom. The van der Waals surface area contributed by atoms with Crippen LogP contribution in [-0.4, -0.2) is 24.1 Å². The van der Waals surface area contributed by atoms with Gasteiger partial charge in [-0.05, 0) is 49.7 Å². The molecule has 9 heteroatoms. The van der Waals surface area contributed by atoms with Gasteiger partial charge in [0.25, 0.3) is 15.9 Å². The number of rotatable bonds is 5. The lowest BCUT2D eigenvalue weighted by Crippen LogP contribution is -2.41. The summed E-state index contributed by atoms with van der Waals surface area (Å²) in [5, 5.41) is 4.13. The SMILES string of the molecule is Cc1cc(-n2nccc2C)cc(C(=O)NNS(=O)(=O)c2ccccc2)c1F. The van der Waals surface area contributed by atoms with Gasteiger partial charge in [-0.2, -0.15) is 5.10 Å². The van der Waals surface area contributed by atoms with Gasteiger partial charge in [0, 0.05) is 11.9 Å². The predicted octanol–water partition coefficient (Wildman–Crippen LogP) is 2.25. The fraction of sp³-hybridized carbons (Fsp3) is 0.111. The minimum Gasteiger partial charge on any atom is -0.273 e. The maximum Gasteiger partial charge on any atom is 0.269 e. The van der Waals surface area contributed by atoms with Gasteiger partial charge in [0.15, 0.2) is 0 Å². The summed E-state index contributed by atoms with van der Waals surface area (Å²) in [7, 11) is -3.97. The smallest absolute Gasteiger partial charge is 0.269 e. The summed E-state index contributed by atoms with van der Waals surface area (Å²) in [5.41, 5.74) is 3.28. The minimum absolute atomic E-state index is 0.0251. The highest BCUT2D eigenvalue weighted by Crippen LogP contribution is 2.19. The molecule has 0 aliphatic rings. The average Bonchev–Trinajstić information content (AvgIpc) is 3.08. The normalized spacial score (nSPS) is 11.4. The van der Waals surface area contributed by atoms with Crippen molar-refractivity contribution in [1.82, 2.24) is 20.0 Å². The fourth-order valence-electron chi connectivity index (χ4n) is 2.52. The Bertz CT molecular complexity index is 1100. The predicted molar refractivity (Wildman–Crippen MR) is 97.2 cm³/mol. The number of sulfonamides is 1. The second-order valence-electron chi connectivity index (χ2n) is 5.88. The highest BCUT2D eigenvalue weighted by Gasteiger charge is 2.19. The van der Waals surface area contributed by atoms with Gasteiger partial charge < -0.3 is 0 Å². The maximum absolute atomic E-state index is 14.4. The van der Waals surface area contributed by atoms with Crippen molar-refractivity contribution < 1.29 is 17.6 Å². The first-order valence-electron chi connectivity index (χ1n) is 7.98. The number of hydrogen-bond donors (Lipinski definition) is 2. The molecule has 0 fully saturated rings. The lowest BCUT2D eigenvalue weighted by atomic mass is 10.1. The van der Waals surface area contributed by atoms with Gasteiger partial charge in [0.05, 0.1) is 16.1 Å². The van der Waals surface area contributed by atoms with E-state index in [2.05, 4.69) is 5.10 Å². The first-order valence-corrected chi connectivity index (χ1v) is 9.46. The van der Waals surface area contributed by atoms with Crippen molar-refractivity contribution in [1.29, 1.82) is 0 Å². The van der Waals surface area contributed by atoms with Crippen LogP contribution in [0.15, 0.2) is 59.6 Å². The number of aromatic nitrogens is 2. The largest absolute Gasteiger partial charge is 0.273 e. The maximum atomic E-state index is 14.4. The van der Waals surface area contributed by atoms with Gasteiger partial charge in [0.1, 0.15) is 5.82 Å². The van der Waals surface area contributed by atoms with Crippen molar-refractivity contribution in [3.8, 4) is 5.69 Å². The van der Waals surface area contributed by atoms with Gasteiger partial charge in [-0.1, -0.05) is 18.2 Å². The number of aryl methyl sites for hydroxylation is 2. The van der Waals surface area contributed by atoms with Gasteiger partial charge in [-0.25, -0.2) is 17.5 Å². The molecule has 0 bridgehead atoms. The number of carbonyl (C=O) groups is 1. The molecule has 3 aromatic rings. The molecule has 1 heterocycles. The van der Waals surface area contributed by atoms with Crippen LogP contribution < -0.4 is 10.3 Å². The summed E-state index contributed by atoms with van der Waals surface area (Å²) in [6.45, 7) is 3.34. The van der Waals surface area contributed by atoms with Crippen molar-refractivity contribution >= 4 is 15.9 Å². The van der Waals surface area contributed by atoms with E-state index in [-0.39, 0.29) is 16.0 Å². The standard InChI is InChI=1S/C18H17FN4O3S/c1-12-10-14(23-13(2)8-9-20-23)11-16(17(12)19)18(24)21-22-27(25,26)15-6-4-3-5-7-15/h3-11,22H,1-2H3,(H,21,24). The van der Waals surface area contributed by atoms with E-state index >= 15 is 0 Å². The van der Waals surface area contributed by atoms with Crippen LogP contribution in [0.25, 0.3) is 5.69 Å². The zero-order valence-electron chi connectivity index (χ0n) is 14.6. The number of halogens is 1. The number of nitrogens with one attached hydrogen (secondary N) is 2. The molecular weight excluding hydrogens is 371 g/mol. The van der Waals surface area contributed by atoms with Gasteiger partial charge in [0.2, 0.25) is 0 Å². The van der Waals surface area contributed by atoms with E-state index in [1.807, 2.05) is 17.2 Å². The molecule has 0 radical (unpaired) electrons. The van der Waals surface area contributed by atoms with Crippen molar-refractivity contribution in [2.75, 3.05) is 0 Å². The van der Waals surface area contributed by atoms with E-state index in [0.29, 0.717) is 5.69 Å². The van der Waals surface area contributed by atoms with Crippen LogP contribution in [0.2, 0.25) is 0 Å². The molecule has 0 atom stereocenters. The first-order chi connectivity index (χ1) is 12.8. The molecule has 2 N–H and O–H groups in total. The number of carbonyl (C=O) groups excluding carboxylic acids is 1. The van der Waals surface area contributed by atoms with E-state index in [1.165, 1.54) is 25.1 Å². The third-order valence-electron chi connectivity index (χ3n) is 3.91. The summed E-state index contributed by atoms with van der Waals surface area (Å²) in [6.07, 6.45) is 1.59. The molecule has 0 spiro atoms. The lowest BCUT2D eigenvalue weighted by Gasteiger charge is -2.12. The van der Waals surface area contributed by atoms with Gasteiger partial charge >= 0.3 is 0 Å². The van der Waals surface area contributed by atoms with Crippen LogP contribution in [0, 0.1) is 19.7 Å². The lowest BCUT2D eigenvalue weighted by molar-refractivity contribution is 0.0941. The third kappa shape index (κ3) is 3.88. The van der Waals surface area contributed by atoms with Crippen molar-refractivity contribution in [2.45, 2.75) is 18.7 Å². The highest BCUT2D eigenvalue weighted by atomic mass is 32.2. The van der Waals surface area contributed by atoms with Crippen molar-refractivity contribution in [3.05, 3.63) is 77.4 Å². The van der Waals surface area contributed by atoms with Gasteiger partial charge in [-0.3, -0.25) is 10.2 Å². The Hall–Kier alpha value is -3.04. The second-order valence-corrected chi connectivity index (χ2v) is 7.56. The van der Waals surface area contributed by atoms with E-state index in [1.54, 1.807) is 41.2 Å². The Balaban J connectivity index is 1.87. The summed E-state index contributed by atoms with van der Waals surface area (Å²) in [6, 6.07) is 12.2. The zero-order valence-corrected chi connectivity index (χ0v) is 15.4. The zero-order chi connectivity index (χ0) is 19.6. The highest BCUT2D eigenvalue weighted by molar-refractivity contribution is 7.89. The molecule has 27 heavy (non-hydrogen) atoms. The number of hydrazine groups is 1. The molecule has 140 valence electrons. The summed E-state index contributed by atoms with van der Waals surface area (Å²) >= 11 is 0. The van der Waals surface area contributed by atoms with E-state index < -0.39 is 21.7 Å². The second kappa shape index (κ2) is 7.29. The van der Waals surface area contributed by atoms with Crippen molar-refractivity contribution in [2.24, 2.45) is 0 Å². The Kier molecular flexibility index (Phi) is 5.06. The minimum atomic E-state index is -3.97. The Morgan fingerprint density at radius 1 is 1.11 bits per heavy atom. The molecule has 7 nitrogen and oxygen atoms in total. The molecule has 3 rings (SSSR count). The van der Waals surface area contributed by atoms with Gasteiger partial charge in [-0.15, -0.1) is 4.83 Å². The molecule has 0 aliphatic carbocycles. The van der Waals surface area contributed by atoms with E-state index in [4.69, 9.17) is 0 Å². The van der Waals surface area contributed by atoms with E-state index in [0.717, 1.165) is 5.69 Å². The Morgan fingerprint density at radius 3 is 2.44 bits per heavy atom. The van der Waals surface area contributed by atoms with Crippen LogP contribution in [0.1, 0.15) is 21.6 Å². The third-order valence-corrected chi connectivity index (χ3v) is 5.18. The first kappa shape index (κ1) is 18.7. The molecule has 0 unspecified atom stereocenters. The molecule has 0 aliphatic heterocycles. The Labute approximate surface area is 155 Å². The van der Waals surface area contributed by atoms with Crippen LogP contribution in [0.5, 0.6) is 0 Å². The quantitative estimate of drug-likeness (QED) is 0.656.